The van der Waals surface area contributed by atoms with E-state index in [9.17, 15) is 14.0 Å². The van der Waals surface area contributed by atoms with Gasteiger partial charge in [-0.1, -0.05) is 12.1 Å². The number of ether oxygens (including phenoxy) is 1. The molecule has 0 saturated heterocycles. The van der Waals surface area contributed by atoms with Crippen LogP contribution in [-0.2, 0) is 9.59 Å². The van der Waals surface area contributed by atoms with Gasteiger partial charge in [0.2, 0.25) is 5.91 Å². The number of halogens is 1. The first-order chi connectivity index (χ1) is 10.6. The van der Waals surface area contributed by atoms with Gasteiger partial charge in [-0.05, 0) is 36.4 Å². The molecule has 2 aromatic rings. The van der Waals surface area contributed by atoms with Crippen molar-refractivity contribution in [3.8, 4) is 5.75 Å². The fraction of sp³-hybridized carbons (Fsp3) is 0.125. The largest absolute Gasteiger partial charge is 0.423 e. The molecule has 0 aromatic heterocycles. The van der Waals surface area contributed by atoms with Gasteiger partial charge in [0.05, 0.1) is 12.2 Å². The van der Waals surface area contributed by atoms with Gasteiger partial charge in [-0.3, -0.25) is 4.79 Å². The number of carbonyl (C=O) groups excluding carboxylic acids is 2. The molecule has 1 heterocycles. The molecular formula is C16H13FN2O3. The van der Waals surface area contributed by atoms with E-state index in [2.05, 4.69) is 5.32 Å². The van der Waals surface area contributed by atoms with Gasteiger partial charge in [0.15, 0.2) is 5.75 Å². The Kier molecular flexibility index (Phi) is 3.74. The van der Waals surface area contributed by atoms with Crippen LogP contribution >= 0.6 is 0 Å². The highest BCUT2D eigenvalue weighted by Gasteiger charge is 2.25. The molecule has 1 aliphatic heterocycles. The van der Waals surface area contributed by atoms with Crippen molar-refractivity contribution in [2.45, 2.75) is 0 Å². The molecule has 1 N–H and O–H groups in total. The minimum Gasteiger partial charge on any atom is -0.423 e. The number of nitrogens with one attached hydrogen (secondary N) is 1. The van der Waals surface area contributed by atoms with E-state index in [-0.39, 0.29) is 24.8 Å². The summed E-state index contributed by atoms with van der Waals surface area (Å²) >= 11 is 0. The van der Waals surface area contributed by atoms with E-state index >= 15 is 0 Å². The SMILES string of the molecule is O=C(CN1CC(=O)Oc2ccccc21)Nc1ccc(F)cc1. The lowest BCUT2D eigenvalue weighted by molar-refractivity contribution is -0.133. The van der Waals surface area contributed by atoms with Crippen LogP contribution in [0.15, 0.2) is 48.5 Å². The van der Waals surface area contributed by atoms with E-state index in [1.165, 1.54) is 24.3 Å². The topological polar surface area (TPSA) is 58.6 Å². The summed E-state index contributed by atoms with van der Waals surface area (Å²) in [6, 6.07) is 12.5. The van der Waals surface area contributed by atoms with Crippen LogP contribution in [-0.4, -0.2) is 25.0 Å². The van der Waals surface area contributed by atoms with Crippen molar-refractivity contribution in [3.63, 3.8) is 0 Å². The summed E-state index contributed by atoms with van der Waals surface area (Å²) in [5.74, 6) is -0.636. The zero-order chi connectivity index (χ0) is 15.5. The second kappa shape index (κ2) is 5.85. The number of anilines is 2. The van der Waals surface area contributed by atoms with Crippen molar-refractivity contribution in [1.82, 2.24) is 0 Å². The van der Waals surface area contributed by atoms with Gasteiger partial charge in [0.1, 0.15) is 12.4 Å². The molecule has 0 aliphatic carbocycles. The van der Waals surface area contributed by atoms with Crippen LogP contribution in [0.4, 0.5) is 15.8 Å². The van der Waals surface area contributed by atoms with Crippen molar-refractivity contribution in [2.75, 3.05) is 23.3 Å². The zero-order valence-corrected chi connectivity index (χ0v) is 11.6. The first kappa shape index (κ1) is 14.1. The number of carbonyl (C=O) groups is 2. The fourth-order valence-corrected chi connectivity index (χ4v) is 2.25. The molecule has 0 radical (unpaired) electrons. The van der Waals surface area contributed by atoms with Gasteiger partial charge in [0.25, 0.3) is 0 Å². The molecule has 22 heavy (non-hydrogen) atoms. The molecule has 0 saturated carbocycles. The summed E-state index contributed by atoms with van der Waals surface area (Å²) in [5, 5.41) is 2.66. The number of hydrogen-bond donors (Lipinski definition) is 1. The second-order valence-electron chi connectivity index (χ2n) is 4.85. The molecule has 0 fully saturated rings. The molecule has 0 spiro atoms. The number of nitrogens with zero attached hydrogens (tertiary/aromatic N) is 1. The maximum atomic E-state index is 12.8. The number of fused-ring (bicyclic) bond motifs is 1. The fourth-order valence-electron chi connectivity index (χ4n) is 2.25. The number of rotatable bonds is 3. The summed E-state index contributed by atoms with van der Waals surface area (Å²) in [4.78, 5) is 25.3. The number of hydrogen-bond acceptors (Lipinski definition) is 4. The summed E-state index contributed by atoms with van der Waals surface area (Å²) in [6.07, 6.45) is 0. The van der Waals surface area contributed by atoms with Crippen LogP contribution in [0, 0.1) is 5.82 Å². The third-order valence-electron chi connectivity index (χ3n) is 3.21. The van der Waals surface area contributed by atoms with Crippen LogP contribution in [0.2, 0.25) is 0 Å². The lowest BCUT2D eigenvalue weighted by Gasteiger charge is -2.29. The number of amides is 1. The minimum absolute atomic E-state index is 0.00346. The van der Waals surface area contributed by atoms with Gasteiger partial charge in [0, 0.05) is 5.69 Å². The molecule has 112 valence electrons. The lowest BCUT2D eigenvalue weighted by atomic mass is 10.2. The Balaban J connectivity index is 1.71. The minimum atomic E-state index is -0.409. The highest BCUT2D eigenvalue weighted by molar-refractivity contribution is 5.96. The van der Waals surface area contributed by atoms with Gasteiger partial charge in [-0.2, -0.15) is 0 Å². The quantitative estimate of drug-likeness (QED) is 0.697. The van der Waals surface area contributed by atoms with Crippen molar-refractivity contribution in [2.24, 2.45) is 0 Å². The van der Waals surface area contributed by atoms with E-state index in [0.29, 0.717) is 17.1 Å². The smallest absolute Gasteiger partial charge is 0.331 e. The van der Waals surface area contributed by atoms with E-state index < -0.39 is 5.97 Å². The first-order valence-electron chi connectivity index (χ1n) is 6.72. The Labute approximate surface area is 126 Å². The normalized spacial score (nSPS) is 13.3. The Bertz CT molecular complexity index is 716. The lowest BCUT2D eigenvalue weighted by Crippen LogP contribution is -2.41. The highest BCUT2D eigenvalue weighted by atomic mass is 19.1. The summed E-state index contributed by atoms with van der Waals surface area (Å²) in [7, 11) is 0. The van der Waals surface area contributed by atoms with E-state index in [0.717, 1.165) is 0 Å². The Hall–Kier alpha value is -2.89. The van der Waals surface area contributed by atoms with Crippen LogP contribution in [0.3, 0.4) is 0 Å². The predicted octanol–water partition coefficient (Wildman–Crippen LogP) is 2.19. The average molecular weight is 300 g/mol. The molecule has 0 bridgehead atoms. The Morgan fingerprint density at radius 1 is 1.18 bits per heavy atom. The molecule has 6 heteroatoms. The molecule has 1 aliphatic rings. The van der Waals surface area contributed by atoms with E-state index in [1.54, 1.807) is 23.1 Å². The van der Waals surface area contributed by atoms with Crippen molar-refractivity contribution >= 4 is 23.3 Å². The van der Waals surface area contributed by atoms with Crippen LogP contribution in [0.1, 0.15) is 0 Å². The summed E-state index contributed by atoms with van der Waals surface area (Å²) in [6.45, 7) is 0.0113. The average Bonchev–Trinajstić information content (AvgIpc) is 2.49. The second-order valence-corrected chi connectivity index (χ2v) is 4.85. The summed E-state index contributed by atoms with van der Waals surface area (Å²) < 4.78 is 18.0. The van der Waals surface area contributed by atoms with Gasteiger partial charge in [-0.25, -0.2) is 9.18 Å². The molecular weight excluding hydrogens is 287 g/mol. The third kappa shape index (κ3) is 3.06. The monoisotopic (exact) mass is 300 g/mol. The Morgan fingerprint density at radius 3 is 2.68 bits per heavy atom. The molecule has 2 aromatic carbocycles. The maximum Gasteiger partial charge on any atom is 0.331 e. The van der Waals surface area contributed by atoms with E-state index in [4.69, 9.17) is 4.74 Å². The summed E-state index contributed by atoms with van der Waals surface area (Å²) in [5.41, 5.74) is 1.19. The van der Waals surface area contributed by atoms with Crippen molar-refractivity contribution < 1.29 is 18.7 Å². The molecule has 1 amide bonds. The molecule has 3 rings (SSSR count). The van der Waals surface area contributed by atoms with Crippen molar-refractivity contribution in [1.29, 1.82) is 0 Å². The predicted molar refractivity (Wildman–Crippen MR) is 79.3 cm³/mol. The number of esters is 1. The molecule has 0 unspecified atom stereocenters. The number of para-hydroxylation sites is 2. The number of benzene rings is 2. The standard InChI is InChI=1S/C16H13FN2O3/c17-11-5-7-12(8-6-11)18-15(20)9-19-10-16(21)22-14-4-2-1-3-13(14)19/h1-8H,9-10H2,(H,18,20). The highest BCUT2D eigenvalue weighted by Crippen LogP contribution is 2.31. The third-order valence-corrected chi connectivity index (χ3v) is 3.21. The van der Waals surface area contributed by atoms with Gasteiger partial charge in [-0.15, -0.1) is 0 Å². The van der Waals surface area contributed by atoms with Gasteiger partial charge >= 0.3 is 5.97 Å². The van der Waals surface area contributed by atoms with Crippen molar-refractivity contribution in [3.05, 3.63) is 54.3 Å². The zero-order valence-electron chi connectivity index (χ0n) is 11.6. The van der Waals surface area contributed by atoms with E-state index in [1.807, 2.05) is 6.07 Å². The van der Waals surface area contributed by atoms with Crippen LogP contribution in [0.25, 0.3) is 0 Å². The molecule has 5 nitrogen and oxygen atoms in total. The first-order valence-corrected chi connectivity index (χ1v) is 6.72. The van der Waals surface area contributed by atoms with Gasteiger partial charge < -0.3 is 15.0 Å². The Morgan fingerprint density at radius 2 is 1.91 bits per heavy atom. The molecule has 0 atom stereocenters. The van der Waals surface area contributed by atoms with Crippen LogP contribution in [0.5, 0.6) is 5.75 Å². The maximum absolute atomic E-state index is 12.8. The van der Waals surface area contributed by atoms with Crippen LogP contribution < -0.4 is 15.0 Å².